The summed E-state index contributed by atoms with van der Waals surface area (Å²) in [6.45, 7) is 4.73. The first-order valence-corrected chi connectivity index (χ1v) is 9.28. The van der Waals surface area contributed by atoms with Crippen molar-refractivity contribution in [3.63, 3.8) is 0 Å². The Hall–Kier alpha value is -1.93. The van der Waals surface area contributed by atoms with Gasteiger partial charge in [-0.05, 0) is 26.0 Å². The molecule has 0 spiro atoms. The third kappa shape index (κ3) is 2.96. The molecule has 3 rings (SSSR count). The molecule has 7 nitrogen and oxygen atoms in total. The number of pyridine rings is 1. The second-order valence-corrected chi connectivity index (χ2v) is 7.85. The number of hydrogen-bond donors (Lipinski definition) is 0. The number of aromatic nitrogens is 2. The molecule has 2 aromatic rings. The molecule has 2 aromatic heterocycles. The Morgan fingerprint density at radius 2 is 1.91 bits per heavy atom. The number of carbonyl (C=O) groups is 1. The minimum atomic E-state index is -3.54. The predicted molar refractivity (Wildman–Crippen MR) is 84.2 cm³/mol. The van der Waals surface area contributed by atoms with Gasteiger partial charge < -0.3 is 9.64 Å². The molecule has 0 N–H and O–H groups in total. The van der Waals surface area contributed by atoms with Crippen LogP contribution in [0.2, 0.25) is 0 Å². The molecular weight excluding hydrogens is 318 g/mol. The van der Waals surface area contributed by atoms with Crippen molar-refractivity contribution in [2.75, 3.05) is 19.3 Å². The Labute approximate surface area is 134 Å². The summed E-state index contributed by atoms with van der Waals surface area (Å²) in [7, 11) is -3.54. The fourth-order valence-corrected chi connectivity index (χ4v) is 3.70. The summed E-state index contributed by atoms with van der Waals surface area (Å²) < 4.78 is 30.9. The Balaban J connectivity index is 2.08. The van der Waals surface area contributed by atoms with Crippen LogP contribution in [0.25, 0.3) is 5.52 Å². The first kappa shape index (κ1) is 15.9. The van der Waals surface area contributed by atoms with Crippen molar-refractivity contribution in [3.05, 3.63) is 30.1 Å². The van der Waals surface area contributed by atoms with Gasteiger partial charge in [-0.3, -0.25) is 9.20 Å². The van der Waals surface area contributed by atoms with Crippen molar-refractivity contribution in [3.8, 4) is 0 Å². The zero-order valence-corrected chi connectivity index (χ0v) is 14.1. The van der Waals surface area contributed by atoms with Crippen molar-refractivity contribution >= 4 is 21.3 Å². The summed E-state index contributed by atoms with van der Waals surface area (Å²) in [5.41, 5.74) is 0.650. The minimum absolute atomic E-state index is 0.0639. The summed E-state index contributed by atoms with van der Waals surface area (Å²) in [4.78, 5) is 18.6. The fourth-order valence-electron chi connectivity index (χ4n) is 2.92. The number of carbonyl (C=O) groups excluding carboxylic acids is 1. The molecule has 1 saturated heterocycles. The van der Waals surface area contributed by atoms with Crippen LogP contribution in [0, 0.1) is 0 Å². The number of amides is 1. The van der Waals surface area contributed by atoms with E-state index in [1.807, 2.05) is 13.8 Å². The monoisotopic (exact) mass is 337 g/mol. The zero-order valence-electron chi connectivity index (χ0n) is 13.3. The lowest BCUT2D eigenvalue weighted by Crippen LogP contribution is -2.48. The Morgan fingerprint density at radius 1 is 1.26 bits per heavy atom. The first-order chi connectivity index (χ1) is 10.8. The molecule has 3 heterocycles. The number of morpholine rings is 1. The maximum Gasteiger partial charge on any atom is 0.274 e. The van der Waals surface area contributed by atoms with Gasteiger partial charge in [0.05, 0.1) is 17.7 Å². The van der Waals surface area contributed by atoms with Gasteiger partial charge in [0.15, 0.2) is 5.69 Å². The highest BCUT2D eigenvalue weighted by atomic mass is 32.2. The maximum atomic E-state index is 12.8. The molecule has 0 bridgehead atoms. The smallest absolute Gasteiger partial charge is 0.274 e. The van der Waals surface area contributed by atoms with Crippen LogP contribution in [0.1, 0.15) is 24.3 Å². The largest absolute Gasteiger partial charge is 0.372 e. The van der Waals surface area contributed by atoms with Gasteiger partial charge in [-0.15, -0.1) is 0 Å². The standard InChI is InChI=1S/C15H19N3O4S/c1-10-8-17(9-11(2)22-10)14(19)13-12-6-4-5-7-18(12)15(16-13)23(3,20)21/h4-7,10-11H,8-9H2,1-3H3. The van der Waals surface area contributed by atoms with Crippen molar-refractivity contribution in [1.29, 1.82) is 0 Å². The molecule has 1 amide bonds. The highest BCUT2D eigenvalue weighted by Gasteiger charge is 2.30. The van der Waals surface area contributed by atoms with Gasteiger partial charge >= 0.3 is 0 Å². The molecular formula is C15H19N3O4S. The third-order valence-electron chi connectivity index (χ3n) is 3.76. The summed E-state index contributed by atoms with van der Waals surface area (Å²) in [5, 5.41) is -0.120. The van der Waals surface area contributed by atoms with Crippen LogP contribution in [0.3, 0.4) is 0 Å². The van der Waals surface area contributed by atoms with Crippen molar-refractivity contribution in [1.82, 2.24) is 14.3 Å². The van der Waals surface area contributed by atoms with Crippen LogP contribution >= 0.6 is 0 Å². The van der Waals surface area contributed by atoms with Gasteiger partial charge in [0.1, 0.15) is 0 Å². The van der Waals surface area contributed by atoms with E-state index < -0.39 is 9.84 Å². The van der Waals surface area contributed by atoms with Gasteiger partial charge in [0, 0.05) is 25.5 Å². The third-order valence-corrected chi connectivity index (χ3v) is 4.71. The van der Waals surface area contributed by atoms with Crippen LogP contribution in [0.4, 0.5) is 0 Å². The molecule has 23 heavy (non-hydrogen) atoms. The molecule has 0 saturated carbocycles. The number of nitrogens with zero attached hydrogens (tertiary/aromatic N) is 3. The summed E-state index contributed by atoms with van der Waals surface area (Å²) in [6, 6.07) is 5.16. The van der Waals surface area contributed by atoms with E-state index in [-0.39, 0.29) is 29.0 Å². The number of hydrogen-bond acceptors (Lipinski definition) is 5. The summed E-state index contributed by atoms with van der Waals surface area (Å²) in [6.07, 6.45) is 2.55. The van der Waals surface area contributed by atoms with E-state index in [1.165, 1.54) is 4.40 Å². The lowest BCUT2D eigenvalue weighted by molar-refractivity contribution is -0.0587. The lowest BCUT2D eigenvalue weighted by atomic mass is 10.2. The average molecular weight is 337 g/mol. The highest BCUT2D eigenvalue weighted by molar-refractivity contribution is 7.90. The summed E-state index contributed by atoms with van der Waals surface area (Å²) in [5.74, 6) is -0.273. The van der Waals surface area contributed by atoms with Crippen LogP contribution in [-0.4, -0.2) is 60.2 Å². The second kappa shape index (κ2) is 5.61. The molecule has 2 atom stereocenters. The maximum absolute atomic E-state index is 12.8. The Bertz CT molecular complexity index is 849. The fraction of sp³-hybridized carbons (Fsp3) is 0.467. The van der Waals surface area contributed by atoms with Crippen LogP contribution in [0.5, 0.6) is 0 Å². The van der Waals surface area contributed by atoms with E-state index in [4.69, 9.17) is 4.74 Å². The molecule has 1 aliphatic rings. The molecule has 0 radical (unpaired) electrons. The number of ether oxygens (including phenoxy) is 1. The van der Waals surface area contributed by atoms with Gasteiger partial charge in [0.25, 0.3) is 5.91 Å². The quantitative estimate of drug-likeness (QED) is 0.816. The molecule has 0 aromatic carbocycles. The molecule has 2 unspecified atom stereocenters. The molecule has 1 fully saturated rings. The number of sulfone groups is 1. The lowest BCUT2D eigenvalue weighted by Gasteiger charge is -2.34. The number of fused-ring (bicyclic) bond motifs is 1. The number of rotatable bonds is 2. The molecule has 8 heteroatoms. The molecule has 1 aliphatic heterocycles. The van der Waals surface area contributed by atoms with Crippen molar-refractivity contribution in [2.24, 2.45) is 0 Å². The Morgan fingerprint density at radius 3 is 2.52 bits per heavy atom. The average Bonchev–Trinajstić information content (AvgIpc) is 2.85. The van der Waals surface area contributed by atoms with Gasteiger partial charge in [-0.1, -0.05) is 6.07 Å². The van der Waals surface area contributed by atoms with E-state index in [1.54, 1.807) is 29.3 Å². The molecule has 124 valence electrons. The van der Waals surface area contributed by atoms with E-state index in [0.717, 1.165) is 6.26 Å². The SMILES string of the molecule is CC1CN(C(=O)c2nc(S(C)(=O)=O)n3ccccc23)CC(C)O1. The second-order valence-electron chi connectivity index (χ2n) is 5.94. The van der Waals surface area contributed by atoms with Gasteiger partial charge in [0.2, 0.25) is 15.0 Å². The topological polar surface area (TPSA) is 81.0 Å². The minimum Gasteiger partial charge on any atom is -0.372 e. The van der Waals surface area contributed by atoms with Gasteiger partial charge in [-0.25, -0.2) is 13.4 Å². The zero-order chi connectivity index (χ0) is 16.8. The van der Waals surface area contributed by atoms with E-state index in [9.17, 15) is 13.2 Å². The number of imidazole rings is 1. The first-order valence-electron chi connectivity index (χ1n) is 7.39. The van der Waals surface area contributed by atoms with Crippen LogP contribution < -0.4 is 0 Å². The van der Waals surface area contributed by atoms with Crippen molar-refractivity contribution in [2.45, 2.75) is 31.2 Å². The van der Waals surface area contributed by atoms with E-state index >= 15 is 0 Å². The highest BCUT2D eigenvalue weighted by Crippen LogP contribution is 2.20. The van der Waals surface area contributed by atoms with Gasteiger partial charge in [-0.2, -0.15) is 0 Å². The van der Waals surface area contributed by atoms with E-state index in [0.29, 0.717) is 18.6 Å². The molecule has 0 aliphatic carbocycles. The van der Waals surface area contributed by atoms with Crippen LogP contribution in [-0.2, 0) is 14.6 Å². The van der Waals surface area contributed by atoms with E-state index in [2.05, 4.69) is 4.98 Å². The van der Waals surface area contributed by atoms with Crippen LogP contribution in [0.15, 0.2) is 29.6 Å². The Kier molecular flexibility index (Phi) is 3.89. The normalized spacial score (nSPS) is 22.5. The summed E-state index contributed by atoms with van der Waals surface area (Å²) >= 11 is 0. The van der Waals surface area contributed by atoms with Crippen molar-refractivity contribution < 1.29 is 17.9 Å². The predicted octanol–water partition coefficient (Wildman–Crippen LogP) is 0.987.